The largest absolute Gasteiger partial charge is 0.489 e. The molecule has 0 saturated heterocycles. The van der Waals surface area contributed by atoms with E-state index in [1.807, 2.05) is 24.3 Å². The molecule has 22 heavy (non-hydrogen) atoms. The summed E-state index contributed by atoms with van der Waals surface area (Å²) in [5.74, 6) is 1.13. The first-order valence-electron chi connectivity index (χ1n) is 7.56. The Balaban J connectivity index is 1.63. The molecule has 0 aromatic heterocycles. The molecule has 0 N–H and O–H groups in total. The summed E-state index contributed by atoms with van der Waals surface area (Å²) in [6, 6.07) is 25.1. The molecule has 1 aliphatic rings. The van der Waals surface area contributed by atoms with Crippen molar-refractivity contribution in [2.45, 2.75) is 12.5 Å². The lowest BCUT2D eigenvalue weighted by Gasteiger charge is -2.09. The Morgan fingerprint density at radius 3 is 2.36 bits per heavy atom. The Morgan fingerprint density at radius 1 is 0.773 bits per heavy atom. The van der Waals surface area contributed by atoms with Crippen LogP contribution in [-0.2, 0) is 6.61 Å². The standard InChI is InChI=1S/C21H17O/c1-15-18-9-5-6-10-20(18)21-13-17(11-12-19(15)21)22-14-16-7-3-2-4-8-16/h2-13,15H,1,14H2. The first-order chi connectivity index (χ1) is 10.8. The van der Waals surface area contributed by atoms with Gasteiger partial charge in [0.2, 0.25) is 0 Å². The molecule has 0 spiro atoms. The van der Waals surface area contributed by atoms with Crippen LogP contribution in [0.5, 0.6) is 5.75 Å². The maximum atomic E-state index is 5.95. The van der Waals surface area contributed by atoms with Crippen LogP contribution in [-0.4, -0.2) is 0 Å². The van der Waals surface area contributed by atoms with Gasteiger partial charge in [-0.05, 0) is 46.9 Å². The predicted molar refractivity (Wildman–Crippen MR) is 89.9 cm³/mol. The Hall–Kier alpha value is -2.54. The van der Waals surface area contributed by atoms with Crippen LogP contribution < -0.4 is 4.74 Å². The van der Waals surface area contributed by atoms with Gasteiger partial charge in [-0.2, -0.15) is 0 Å². The zero-order valence-corrected chi connectivity index (χ0v) is 12.3. The molecule has 4 rings (SSSR count). The van der Waals surface area contributed by atoms with Gasteiger partial charge in [-0.25, -0.2) is 0 Å². The second kappa shape index (κ2) is 5.34. The van der Waals surface area contributed by atoms with E-state index in [2.05, 4.69) is 55.5 Å². The van der Waals surface area contributed by atoms with E-state index >= 15 is 0 Å². The van der Waals surface area contributed by atoms with Crippen LogP contribution in [0.2, 0.25) is 0 Å². The highest BCUT2D eigenvalue weighted by Gasteiger charge is 2.25. The molecule has 0 aliphatic heterocycles. The molecule has 0 amide bonds. The van der Waals surface area contributed by atoms with E-state index in [1.165, 1.54) is 27.8 Å². The number of hydrogen-bond acceptors (Lipinski definition) is 1. The molecule has 1 radical (unpaired) electrons. The molecule has 1 atom stereocenters. The van der Waals surface area contributed by atoms with E-state index in [0.717, 1.165) is 5.75 Å². The Morgan fingerprint density at radius 2 is 1.50 bits per heavy atom. The highest BCUT2D eigenvalue weighted by molar-refractivity contribution is 5.80. The lowest BCUT2D eigenvalue weighted by molar-refractivity contribution is 0.306. The molecular formula is C21H17O. The van der Waals surface area contributed by atoms with E-state index < -0.39 is 0 Å². The van der Waals surface area contributed by atoms with Gasteiger partial charge in [-0.15, -0.1) is 0 Å². The minimum atomic E-state index is 0.217. The Labute approximate surface area is 131 Å². The zero-order valence-electron chi connectivity index (χ0n) is 12.3. The molecule has 1 aliphatic carbocycles. The van der Waals surface area contributed by atoms with Crippen molar-refractivity contribution in [2.75, 3.05) is 0 Å². The van der Waals surface area contributed by atoms with Crippen LogP contribution in [0.3, 0.4) is 0 Å². The van der Waals surface area contributed by atoms with Crippen LogP contribution in [0, 0.1) is 6.92 Å². The summed E-state index contributed by atoms with van der Waals surface area (Å²) in [7, 11) is 0. The van der Waals surface area contributed by atoms with Gasteiger partial charge in [-0.3, -0.25) is 0 Å². The summed E-state index contributed by atoms with van der Waals surface area (Å²) >= 11 is 0. The van der Waals surface area contributed by atoms with Crippen LogP contribution in [0.15, 0.2) is 72.8 Å². The van der Waals surface area contributed by atoms with Crippen LogP contribution >= 0.6 is 0 Å². The average Bonchev–Trinajstić information content (AvgIpc) is 2.87. The Bertz CT molecular complexity index is 805. The van der Waals surface area contributed by atoms with Crippen molar-refractivity contribution in [2.24, 2.45) is 0 Å². The second-order valence-electron chi connectivity index (χ2n) is 5.66. The van der Waals surface area contributed by atoms with Crippen molar-refractivity contribution >= 4 is 0 Å². The predicted octanol–water partition coefficient (Wildman–Crippen LogP) is 5.21. The fourth-order valence-electron chi connectivity index (χ4n) is 3.12. The maximum Gasteiger partial charge on any atom is 0.120 e. The minimum absolute atomic E-state index is 0.217. The van der Waals surface area contributed by atoms with E-state index in [4.69, 9.17) is 4.74 Å². The summed E-state index contributed by atoms with van der Waals surface area (Å²) < 4.78 is 5.95. The minimum Gasteiger partial charge on any atom is -0.489 e. The third-order valence-corrected chi connectivity index (χ3v) is 4.27. The molecule has 1 nitrogen and oxygen atoms in total. The van der Waals surface area contributed by atoms with E-state index in [9.17, 15) is 0 Å². The molecule has 107 valence electrons. The monoisotopic (exact) mass is 285 g/mol. The Kier molecular flexibility index (Phi) is 3.19. The first-order valence-corrected chi connectivity index (χ1v) is 7.56. The van der Waals surface area contributed by atoms with E-state index in [0.29, 0.717) is 6.61 Å². The molecule has 1 unspecified atom stereocenters. The number of rotatable bonds is 3. The molecule has 0 fully saturated rings. The summed E-state index contributed by atoms with van der Waals surface area (Å²) in [5, 5.41) is 0. The van der Waals surface area contributed by atoms with Gasteiger partial charge in [0.05, 0.1) is 0 Å². The van der Waals surface area contributed by atoms with Gasteiger partial charge in [0.1, 0.15) is 12.4 Å². The summed E-state index contributed by atoms with van der Waals surface area (Å²) in [6.07, 6.45) is 0. The molecule has 0 bridgehead atoms. The second-order valence-corrected chi connectivity index (χ2v) is 5.66. The fraction of sp³-hybridized carbons (Fsp3) is 0.0952. The average molecular weight is 285 g/mol. The number of hydrogen-bond donors (Lipinski definition) is 0. The smallest absolute Gasteiger partial charge is 0.120 e. The van der Waals surface area contributed by atoms with Crippen molar-refractivity contribution in [3.8, 4) is 16.9 Å². The van der Waals surface area contributed by atoms with Crippen LogP contribution in [0.4, 0.5) is 0 Å². The maximum absolute atomic E-state index is 5.95. The lowest BCUT2D eigenvalue weighted by atomic mass is 9.99. The number of ether oxygens (including phenoxy) is 1. The molecule has 3 aromatic rings. The number of fused-ring (bicyclic) bond motifs is 3. The quantitative estimate of drug-likeness (QED) is 0.641. The van der Waals surface area contributed by atoms with Gasteiger partial charge >= 0.3 is 0 Å². The first kappa shape index (κ1) is 13.1. The van der Waals surface area contributed by atoms with Crippen LogP contribution in [0.25, 0.3) is 11.1 Å². The topological polar surface area (TPSA) is 9.23 Å². The fourth-order valence-corrected chi connectivity index (χ4v) is 3.12. The van der Waals surface area contributed by atoms with E-state index in [-0.39, 0.29) is 5.92 Å². The summed E-state index contributed by atoms with van der Waals surface area (Å²) in [4.78, 5) is 0. The van der Waals surface area contributed by atoms with Gasteiger partial charge in [0, 0.05) is 5.92 Å². The highest BCUT2D eigenvalue weighted by Crippen LogP contribution is 2.45. The summed E-state index contributed by atoms with van der Waals surface area (Å²) in [6.45, 7) is 4.89. The lowest BCUT2D eigenvalue weighted by Crippen LogP contribution is -1.95. The van der Waals surface area contributed by atoms with Gasteiger partial charge in [0.15, 0.2) is 0 Å². The van der Waals surface area contributed by atoms with Gasteiger partial charge < -0.3 is 4.74 Å². The molecule has 0 saturated carbocycles. The SMILES string of the molecule is [CH2]C1c2ccccc2-c2cc(OCc3ccccc3)ccc21. The van der Waals surface area contributed by atoms with Gasteiger partial charge in [-0.1, -0.05) is 60.7 Å². The van der Waals surface area contributed by atoms with Crippen molar-refractivity contribution in [3.63, 3.8) is 0 Å². The van der Waals surface area contributed by atoms with Crippen molar-refractivity contribution < 1.29 is 4.74 Å². The van der Waals surface area contributed by atoms with Crippen molar-refractivity contribution in [3.05, 3.63) is 96.4 Å². The molecular weight excluding hydrogens is 268 g/mol. The molecule has 3 aromatic carbocycles. The van der Waals surface area contributed by atoms with Crippen molar-refractivity contribution in [1.29, 1.82) is 0 Å². The molecule has 1 heteroatoms. The number of benzene rings is 3. The van der Waals surface area contributed by atoms with Crippen LogP contribution in [0.1, 0.15) is 22.6 Å². The van der Waals surface area contributed by atoms with E-state index in [1.54, 1.807) is 0 Å². The van der Waals surface area contributed by atoms with Crippen molar-refractivity contribution in [1.82, 2.24) is 0 Å². The third-order valence-electron chi connectivity index (χ3n) is 4.27. The third kappa shape index (κ3) is 2.19. The zero-order chi connectivity index (χ0) is 14.9. The summed E-state index contributed by atoms with van der Waals surface area (Å²) in [5.41, 5.74) is 6.30. The normalized spacial score (nSPS) is 15.2. The van der Waals surface area contributed by atoms with Gasteiger partial charge in [0.25, 0.3) is 0 Å². The highest BCUT2D eigenvalue weighted by atomic mass is 16.5. The molecule has 0 heterocycles.